The molecular weight excluding hydrogens is 192 g/mol. The molecule has 0 radical (unpaired) electrons. The molecule has 1 fully saturated rings. The van der Waals surface area contributed by atoms with E-state index in [0.29, 0.717) is 0 Å². The highest BCUT2D eigenvalue weighted by molar-refractivity contribution is 5.32. The van der Waals surface area contributed by atoms with Crippen LogP contribution in [-0.4, -0.2) is 29.7 Å². The fourth-order valence-electron chi connectivity index (χ4n) is 1.05. The lowest BCUT2D eigenvalue weighted by molar-refractivity contribution is -0.122. The van der Waals surface area contributed by atoms with Crippen LogP contribution >= 0.6 is 0 Å². The number of rotatable bonds is 0. The normalized spacial score (nSPS) is 12.9. The van der Waals surface area contributed by atoms with Gasteiger partial charge in [-0.3, -0.25) is 9.78 Å². The van der Waals surface area contributed by atoms with E-state index in [0.717, 1.165) is 0 Å². The van der Waals surface area contributed by atoms with Crippen molar-refractivity contribution >= 4 is 6.47 Å². The molecule has 0 aromatic carbocycles. The van der Waals surface area contributed by atoms with Crippen molar-refractivity contribution < 1.29 is 9.90 Å². The molecule has 0 bridgehead atoms. The second-order valence-corrected chi connectivity index (χ2v) is 3.09. The van der Waals surface area contributed by atoms with Gasteiger partial charge in [0.05, 0.1) is 0 Å². The standard InChI is InChI=1S/C6H7N.C4H9N.CH2O2/c1-6-2-4-7-5-3-6;1-2-4-5-3-1;2-1-3/h2-5H,1H3;5H,1-4H2;1H,(H,2,3). The summed E-state index contributed by atoms with van der Waals surface area (Å²) < 4.78 is 0. The van der Waals surface area contributed by atoms with Gasteiger partial charge in [0.2, 0.25) is 0 Å². The molecule has 1 aromatic heterocycles. The summed E-state index contributed by atoms with van der Waals surface area (Å²) in [6.45, 7) is 4.29. The highest BCUT2D eigenvalue weighted by Crippen LogP contribution is 1.90. The van der Waals surface area contributed by atoms with Crippen molar-refractivity contribution in [3.05, 3.63) is 30.1 Å². The average molecular weight is 210 g/mol. The smallest absolute Gasteiger partial charge is 0.290 e. The lowest BCUT2D eigenvalue weighted by atomic mass is 10.3. The number of aromatic nitrogens is 1. The lowest BCUT2D eigenvalue weighted by Gasteiger charge is -1.82. The van der Waals surface area contributed by atoms with Crippen LogP contribution in [0.4, 0.5) is 0 Å². The molecule has 0 spiro atoms. The minimum atomic E-state index is -0.250. The number of nitrogens with one attached hydrogen (secondary N) is 1. The molecule has 4 nitrogen and oxygen atoms in total. The van der Waals surface area contributed by atoms with E-state index in [1.54, 1.807) is 12.4 Å². The van der Waals surface area contributed by atoms with E-state index in [1.165, 1.54) is 31.5 Å². The van der Waals surface area contributed by atoms with Gasteiger partial charge in [0.1, 0.15) is 0 Å². The Bertz CT molecular complexity index is 228. The first-order chi connectivity index (χ1) is 7.31. The van der Waals surface area contributed by atoms with Gasteiger partial charge in [0.15, 0.2) is 0 Å². The fourth-order valence-corrected chi connectivity index (χ4v) is 1.05. The van der Waals surface area contributed by atoms with Crippen molar-refractivity contribution in [2.24, 2.45) is 0 Å². The van der Waals surface area contributed by atoms with Crippen LogP contribution in [-0.2, 0) is 4.79 Å². The zero-order valence-electron chi connectivity index (χ0n) is 9.02. The number of hydrogen-bond acceptors (Lipinski definition) is 3. The molecule has 1 saturated heterocycles. The van der Waals surface area contributed by atoms with Gasteiger partial charge in [-0.15, -0.1) is 0 Å². The number of carbonyl (C=O) groups is 1. The molecule has 1 aliphatic rings. The molecule has 0 atom stereocenters. The Morgan fingerprint density at radius 1 is 1.33 bits per heavy atom. The lowest BCUT2D eigenvalue weighted by Crippen LogP contribution is -2.03. The zero-order valence-corrected chi connectivity index (χ0v) is 9.02. The fraction of sp³-hybridized carbons (Fsp3) is 0.455. The molecule has 15 heavy (non-hydrogen) atoms. The summed E-state index contributed by atoms with van der Waals surface area (Å²) in [7, 11) is 0. The molecule has 0 amide bonds. The largest absolute Gasteiger partial charge is 0.483 e. The predicted molar refractivity (Wildman–Crippen MR) is 59.8 cm³/mol. The summed E-state index contributed by atoms with van der Waals surface area (Å²) in [4.78, 5) is 12.2. The summed E-state index contributed by atoms with van der Waals surface area (Å²) in [6.07, 6.45) is 6.35. The maximum atomic E-state index is 8.36. The molecular formula is C11H18N2O2. The van der Waals surface area contributed by atoms with E-state index >= 15 is 0 Å². The van der Waals surface area contributed by atoms with Crippen molar-refractivity contribution in [2.45, 2.75) is 19.8 Å². The van der Waals surface area contributed by atoms with Crippen molar-refractivity contribution in [1.82, 2.24) is 10.3 Å². The van der Waals surface area contributed by atoms with Gasteiger partial charge in [-0.25, -0.2) is 0 Å². The number of hydrogen-bond donors (Lipinski definition) is 2. The Labute approximate surface area is 90.4 Å². The Morgan fingerprint density at radius 3 is 2.00 bits per heavy atom. The van der Waals surface area contributed by atoms with Gasteiger partial charge >= 0.3 is 0 Å². The first kappa shape index (κ1) is 13.6. The van der Waals surface area contributed by atoms with Crippen LogP contribution in [0.2, 0.25) is 0 Å². The number of carboxylic acid groups (broad SMARTS) is 1. The van der Waals surface area contributed by atoms with Gasteiger partial charge in [0, 0.05) is 12.4 Å². The van der Waals surface area contributed by atoms with E-state index in [2.05, 4.69) is 10.3 Å². The van der Waals surface area contributed by atoms with Gasteiger partial charge in [-0.2, -0.15) is 0 Å². The third-order valence-corrected chi connectivity index (χ3v) is 1.80. The van der Waals surface area contributed by atoms with E-state index in [1.807, 2.05) is 19.1 Å². The summed E-state index contributed by atoms with van der Waals surface area (Å²) in [5.74, 6) is 0. The van der Waals surface area contributed by atoms with Crippen molar-refractivity contribution in [3.8, 4) is 0 Å². The third kappa shape index (κ3) is 10.5. The van der Waals surface area contributed by atoms with E-state index < -0.39 is 0 Å². The van der Waals surface area contributed by atoms with Crippen molar-refractivity contribution in [2.75, 3.05) is 13.1 Å². The zero-order chi connectivity index (χ0) is 11.4. The third-order valence-electron chi connectivity index (χ3n) is 1.80. The minimum Gasteiger partial charge on any atom is -0.483 e. The molecule has 0 saturated carbocycles. The van der Waals surface area contributed by atoms with Crippen molar-refractivity contribution in [1.29, 1.82) is 0 Å². The first-order valence-electron chi connectivity index (χ1n) is 4.96. The summed E-state index contributed by atoms with van der Waals surface area (Å²) >= 11 is 0. The molecule has 1 aliphatic heterocycles. The second kappa shape index (κ2) is 10.7. The minimum absolute atomic E-state index is 0.250. The van der Waals surface area contributed by atoms with Gasteiger partial charge in [0.25, 0.3) is 6.47 Å². The molecule has 4 heteroatoms. The highest BCUT2D eigenvalue weighted by Gasteiger charge is 1.93. The Morgan fingerprint density at radius 2 is 1.80 bits per heavy atom. The number of nitrogens with zero attached hydrogens (tertiary/aromatic N) is 1. The van der Waals surface area contributed by atoms with Crippen LogP contribution < -0.4 is 5.32 Å². The van der Waals surface area contributed by atoms with E-state index in [-0.39, 0.29) is 6.47 Å². The van der Waals surface area contributed by atoms with Crippen LogP contribution in [0.5, 0.6) is 0 Å². The van der Waals surface area contributed by atoms with E-state index in [9.17, 15) is 0 Å². The predicted octanol–water partition coefficient (Wildman–Crippen LogP) is 1.46. The molecule has 84 valence electrons. The Balaban J connectivity index is 0.000000216. The van der Waals surface area contributed by atoms with Crippen LogP contribution in [0.25, 0.3) is 0 Å². The Kier molecular flexibility index (Phi) is 9.65. The molecule has 0 aliphatic carbocycles. The average Bonchev–Trinajstić information content (AvgIpc) is 2.78. The van der Waals surface area contributed by atoms with Gasteiger partial charge in [-0.1, -0.05) is 0 Å². The number of aryl methyl sites for hydroxylation is 1. The Hall–Kier alpha value is -1.42. The number of pyridine rings is 1. The maximum Gasteiger partial charge on any atom is 0.290 e. The summed E-state index contributed by atoms with van der Waals surface area (Å²) in [6, 6.07) is 3.94. The highest BCUT2D eigenvalue weighted by atomic mass is 16.3. The SMILES string of the molecule is C1CCNC1.Cc1ccncc1.O=CO. The van der Waals surface area contributed by atoms with Crippen LogP contribution in [0.15, 0.2) is 24.5 Å². The van der Waals surface area contributed by atoms with Crippen LogP contribution in [0.3, 0.4) is 0 Å². The topological polar surface area (TPSA) is 62.2 Å². The molecule has 1 aromatic rings. The van der Waals surface area contributed by atoms with E-state index in [4.69, 9.17) is 9.90 Å². The van der Waals surface area contributed by atoms with Gasteiger partial charge in [-0.05, 0) is 50.6 Å². The van der Waals surface area contributed by atoms with Crippen LogP contribution in [0, 0.1) is 6.92 Å². The summed E-state index contributed by atoms with van der Waals surface area (Å²) in [5.41, 5.74) is 1.26. The van der Waals surface area contributed by atoms with Crippen LogP contribution in [0.1, 0.15) is 18.4 Å². The monoisotopic (exact) mass is 210 g/mol. The summed E-state index contributed by atoms with van der Waals surface area (Å²) in [5, 5.41) is 10.1. The second-order valence-electron chi connectivity index (χ2n) is 3.09. The quantitative estimate of drug-likeness (QED) is 0.636. The molecule has 0 unspecified atom stereocenters. The molecule has 2 heterocycles. The molecule has 2 rings (SSSR count). The van der Waals surface area contributed by atoms with Gasteiger partial charge < -0.3 is 10.4 Å². The first-order valence-corrected chi connectivity index (χ1v) is 4.96. The van der Waals surface area contributed by atoms with Crippen molar-refractivity contribution in [3.63, 3.8) is 0 Å². The molecule has 2 N–H and O–H groups in total. The maximum absolute atomic E-state index is 8.36.